The molecular formula is C26H37N9O. The van der Waals surface area contributed by atoms with Crippen LogP contribution >= 0.6 is 0 Å². The number of unbranched alkanes of at least 4 members (excludes halogenated alkanes) is 2. The van der Waals surface area contributed by atoms with Crippen LogP contribution < -0.4 is 21.1 Å². The van der Waals surface area contributed by atoms with Gasteiger partial charge in [0.05, 0.1) is 37.6 Å². The van der Waals surface area contributed by atoms with Gasteiger partial charge in [0.25, 0.3) is 0 Å². The van der Waals surface area contributed by atoms with E-state index < -0.39 is 0 Å². The Balaban J connectivity index is 1.52. The van der Waals surface area contributed by atoms with Gasteiger partial charge in [0.2, 0.25) is 5.95 Å². The summed E-state index contributed by atoms with van der Waals surface area (Å²) in [7, 11) is 1.70. The normalized spacial score (nSPS) is 11.5. The zero-order valence-electron chi connectivity index (χ0n) is 21.7. The van der Waals surface area contributed by atoms with Crippen LogP contribution in [0.2, 0.25) is 0 Å². The highest BCUT2D eigenvalue weighted by atomic mass is 16.5. The molecule has 0 unspecified atom stereocenters. The first kappa shape index (κ1) is 25.4. The van der Waals surface area contributed by atoms with E-state index >= 15 is 0 Å². The van der Waals surface area contributed by atoms with E-state index in [1.807, 2.05) is 23.1 Å². The molecule has 3 heterocycles. The van der Waals surface area contributed by atoms with Crippen LogP contribution in [-0.4, -0.2) is 49.2 Å². The third-order valence-corrected chi connectivity index (χ3v) is 6.01. The second-order valence-electron chi connectivity index (χ2n) is 9.33. The number of nitrogens with two attached hydrogens (primary N) is 1. The summed E-state index contributed by atoms with van der Waals surface area (Å²) in [6.07, 6.45) is 7.42. The highest BCUT2D eigenvalue weighted by Crippen LogP contribution is 2.27. The standard InChI is InChI=1S/C26H37N9O/c1-5-6-7-11-28-25-24-22(30-26(27)31-25)10-12-34(24)16-20-9-8-19(13-23(20)36-4)15-35-17-21(32-33-35)14-29-18(2)3/h8-10,12-13,17-18,29H,5-7,11,14-16H2,1-4H3,(H3,27,28,30,31). The number of nitrogens with one attached hydrogen (secondary N) is 2. The fourth-order valence-electron chi connectivity index (χ4n) is 4.16. The van der Waals surface area contributed by atoms with E-state index in [4.69, 9.17) is 10.5 Å². The Morgan fingerprint density at radius 2 is 1.97 bits per heavy atom. The summed E-state index contributed by atoms with van der Waals surface area (Å²) in [5.74, 6) is 1.87. The molecule has 0 saturated heterocycles. The van der Waals surface area contributed by atoms with E-state index in [1.165, 1.54) is 12.8 Å². The van der Waals surface area contributed by atoms with Gasteiger partial charge >= 0.3 is 0 Å². The van der Waals surface area contributed by atoms with Crippen molar-refractivity contribution >= 4 is 22.8 Å². The molecule has 0 aliphatic carbocycles. The van der Waals surface area contributed by atoms with Gasteiger partial charge in [-0.05, 0) is 24.1 Å². The van der Waals surface area contributed by atoms with Crippen molar-refractivity contribution in [2.24, 2.45) is 0 Å². The Bertz CT molecular complexity index is 1280. The number of rotatable bonds is 13. The van der Waals surface area contributed by atoms with Crippen LogP contribution in [0.15, 0.2) is 36.7 Å². The number of aromatic nitrogens is 6. The van der Waals surface area contributed by atoms with Crippen LogP contribution in [0.1, 0.15) is 56.9 Å². The van der Waals surface area contributed by atoms with Crippen molar-refractivity contribution < 1.29 is 4.74 Å². The maximum atomic E-state index is 5.97. The molecule has 1 aromatic carbocycles. The third kappa shape index (κ3) is 6.31. The Kier molecular flexibility index (Phi) is 8.37. The summed E-state index contributed by atoms with van der Waals surface area (Å²) in [5, 5.41) is 15.3. The quantitative estimate of drug-likeness (QED) is 0.242. The van der Waals surface area contributed by atoms with Crippen LogP contribution in [0, 0.1) is 0 Å². The summed E-state index contributed by atoms with van der Waals surface area (Å²) in [5.41, 5.74) is 10.8. The summed E-state index contributed by atoms with van der Waals surface area (Å²) in [4.78, 5) is 8.91. The molecule has 0 aliphatic rings. The number of nitrogens with zero attached hydrogens (tertiary/aromatic N) is 6. The van der Waals surface area contributed by atoms with E-state index in [-0.39, 0.29) is 5.95 Å². The van der Waals surface area contributed by atoms with E-state index in [2.05, 4.69) is 74.5 Å². The number of benzene rings is 1. The van der Waals surface area contributed by atoms with Gasteiger partial charge in [-0.3, -0.25) is 0 Å². The van der Waals surface area contributed by atoms with Gasteiger partial charge < -0.3 is 25.7 Å². The number of fused-ring (bicyclic) bond motifs is 1. The first-order valence-corrected chi connectivity index (χ1v) is 12.6. The van der Waals surface area contributed by atoms with Crippen molar-refractivity contribution in [3.05, 3.63) is 53.5 Å². The SMILES string of the molecule is CCCCCNc1nc(N)nc2ccn(Cc3ccc(Cn4cc(CNC(C)C)nn4)cc3OC)c12. The number of hydrogen-bond donors (Lipinski definition) is 3. The molecule has 36 heavy (non-hydrogen) atoms. The van der Waals surface area contributed by atoms with Crippen molar-refractivity contribution in [1.82, 2.24) is 34.8 Å². The molecular weight excluding hydrogens is 454 g/mol. The van der Waals surface area contributed by atoms with Gasteiger partial charge in [0.15, 0.2) is 5.82 Å². The smallest absolute Gasteiger partial charge is 0.222 e. The summed E-state index contributed by atoms with van der Waals surface area (Å²) >= 11 is 0. The second-order valence-corrected chi connectivity index (χ2v) is 9.33. The van der Waals surface area contributed by atoms with Crippen molar-refractivity contribution in [3.63, 3.8) is 0 Å². The number of ether oxygens (including phenoxy) is 1. The van der Waals surface area contributed by atoms with Crippen LogP contribution in [0.25, 0.3) is 11.0 Å². The van der Waals surface area contributed by atoms with Crippen LogP contribution in [0.3, 0.4) is 0 Å². The first-order valence-electron chi connectivity index (χ1n) is 12.6. The van der Waals surface area contributed by atoms with Crippen LogP contribution in [-0.2, 0) is 19.6 Å². The Labute approximate surface area is 212 Å². The zero-order chi connectivity index (χ0) is 25.5. The topological polar surface area (TPSA) is 121 Å². The Morgan fingerprint density at radius 1 is 1.11 bits per heavy atom. The molecule has 0 saturated carbocycles. The average Bonchev–Trinajstić information content (AvgIpc) is 3.48. The Hall–Kier alpha value is -3.66. The third-order valence-electron chi connectivity index (χ3n) is 6.01. The van der Waals surface area contributed by atoms with Gasteiger partial charge in [0, 0.05) is 30.9 Å². The number of anilines is 2. The minimum absolute atomic E-state index is 0.274. The van der Waals surface area contributed by atoms with Crippen molar-refractivity contribution in [3.8, 4) is 5.75 Å². The molecule has 10 heteroatoms. The van der Waals surface area contributed by atoms with Crippen molar-refractivity contribution in [2.75, 3.05) is 24.7 Å². The maximum absolute atomic E-state index is 5.97. The summed E-state index contributed by atoms with van der Waals surface area (Å²) in [6, 6.07) is 8.65. The van der Waals surface area contributed by atoms with Gasteiger partial charge in [-0.2, -0.15) is 4.98 Å². The van der Waals surface area contributed by atoms with E-state index in [1.54, 1.807) is 7.11 Å². The Morgan fingerprint density at radius 3 is 2.75 bits per heavy atom. The number of nitrogen functional groups attached to an aromatic ring is 1. The lowest BCUT2D eigenvalue weighted by Crippen LogP contribution is -2.21. The highest BCUT2D eigenvalue weighted by Gasteiger charge is 2.14. The molecule has 0 spiro atoms. The van der Waals surface area contributed by atoms with E-state index in [0.717, 1.165) is 52.4 Å². The largest absolute Gasteiger partial charge is 0.496 e. The lowest BCUT2D eigenvalue weighted by Gasteiger charge is -2.14. The predicted molar refractivity (Wildman–Crippen MR) is 143 cm³/mol. The minimum Gasteiger partial charge on any atom is -0.496 e. The fourth-order valence-corrected chi connectivity index (χ4v) is 4.16. The molecule has 4 rings (SSSR count). The lowest BCUT2D eigenvalue weighted by atomic mass is 10.1. The number of methoxy groups -OCH3 is 1. The molecule has 4 N–H and O–H groups in total. The predicted octanol–water partition coefficient (Wildman–Crippen LogP) is 3.81. The van der Waals surface area contributed by atoms with Crippen LogP contribution in [0.4, 0.5) is 11.8 Å². The molecule has 10 nitrogen and oxygen atoms in total. The van der Waals surface area contributed by atoms with Gasteiger partial charge in [0.1, 0.15) is 11.3 Å². The van der Waals surface area contributed by atoms with Crippen LogP contribution in [0.5, 0.6) is 5.75 Å². The molecule has 0 atom stereocenters. The lowest BCUT2D eigenvalue weighted by molar-refractivity contribution is 0.408. The van der Waals surface area contributed by atoms with E-state index in [9.17, 15) is 0 Å². The minimum atomic E-state index is 0.274. The van der Waals surface area contributed by atoms with Crippen molar-refractivity contribution in [2.45, 2.75) is 65.7 Å². The van der Waals surface area contributed by atoms with E-state index in [0.29, 0.717) is 25.7 Å². The first-order chi connectivity index (χ1) is 17.5. The van der Waals surface area contributed by atoms with Gasteiger partial charge in [-0.15, -0.1) is 5.10 Å². The van der Waals surface area contributed by atoms with Crippen molar-refractivity contribution in [1.29, 1.82) is 0 Å². The van der Waals surface area contributed by atoms with Gasteiger partial charge in [-0.1, -0.05) is 51.0 Å². The maximum Gasteiger partial charge on any atom is 0.222 e. The molecule has 0 radical (unpaired) electrons. The summed E-state index contributed by atoms with van der Waals surface area (Å²) < 4.78 is 9.75. The fraction of sp³-hybridized carbons (Fsp3) is 0.462. The average molecular weight is 492 g/mol. The molecule has 4 aromatic rings. The highest BCUT2D eigenvalue weighted by molar-refractivity contribution is 5.87. The van der Waals surface area contributed by atoms with Gasteiger partial charge in [-0.25, -0.2) is 9.67 Å². The molecule has 3 aromatic heterocycles. The molecule has 0 bridgehead atoms. The second kappa shape index (κ2) is 11.9. The molecule has 0 aliphatic heterocycles. The molecule has 192 valence electrons. The summed E-state index contributed by atoms with van der Waals surface area (Å²) in [6.45, 7) is 9.22. The molecule has 0 fully saturated rings. The number of hydrogen-bond acceptors (Lipinski definition) is 8. The monoisotopic (exact) mass is 491 g/mol. The zero-order valence-corrected chi connectivity index (χ0v) is 21.7. The molecule has 0 amide bonds.